The third kappa shape index (κ3) is 5.30. The van der Waals surface area contributed by atoms with Crippen LogP contribution in [0.3, 0.4) is 0 Å². The summed E-state index contributed by atoms with van der Waals surface area (Å²) in [6.07, 6.45) is -0.0763. The molecule has 0 bridgehead atoms. The summed E-state index contributed by atoms with van der Waals surface area (Å²) in [6.45, 7) is 2.46. The number of aliphatic hydroxyl groups excluding tert-OH is 1. The molecule has 4 nitrogen and oxygen atoms in total. The van der Waals surface area contributed by atoms with Crippen LogP contribution in [0.25, 0.3) is 0 Å². The fraction of sp³-hybridized carbons (Fsp3) is 0.583. The number of nitrogens with zero attached hydrogens (tertiary/aromatic N) is 1. The largest absolute Gasteiger partial charge is 0.481 e. The summed E-state index contributed by atoms with van der Waals surface area (Å²) >= 11 is 1.71. The highest BCUT2D eigenvalue weighted by Gasteiger charge is 2.16. The van der Waals surface area contributed by atoms with Gasteiger partial charge in [-0.15, -0.1) is 11.3 Å². The third-order valence-corrected chi connectivity index (χ3v) is 3.64. The van der Waals surface area contributed by atoms with E-state index in [4.69, 9.17) is 5.11 Å². The molecule has 17 heavy (non-hydrogen) atoms. The van der Waals surface area contributed by atoms with Gasteiger partial charge in [-0.25, -0.2) is 0 Å². The van der Waals surface area contributed by atoms with E-state index >= 15 is 0 Å². The van der Waals surface area contributed by atoms with Gasteiger partial charge in [0.1, 0.15) is 0 Å². The molecule has 0 aliphatic heterocycles. The van der Waals surface area contributed by atoms with Gasteiger partial charge in [0.05, 0.1) is 12.5 Å². The normalized spacial score (nSPS) is 14.8. The van der Waals surface area contributed by atoms with Gasteiger partial charge in [-0.05, 0) is 31.8 Å². The van der Waals surface area contributed by atoms with E-state index in [0.29, 0.717) is 6.54 Å². The molecule has 2 unspecified atom stereocenters. The van der Waals surface area contributed by atoms with Crippen LogP contribution < -0.4 is 0 Å². The Morgan fingerprint density at radius 1 is 1.59 bits per heavy atom. The molecule has 0 saturated carbocycles. The van der Waals surface area contributed by atoms with Crippen LogP contribution in [0.15, 0.2) is 17.5 Å². The number of hydrogen-bond acceptors (Lipinski definition) is 4. The molecule has 0 aliphatic rings. The van der Waals surface area contributed by atoms with E-state index in [0.717, 1.165) is 6.42 Å². The second-order valence-electron chi connectivity index (χ2n) is 4.32. The number of carboxylic acids is 1. The molecule has 0 radical (unpaired) electrons. The van der Waals surface area contributed by atoms with Gasteiger partial charge in [0.25, 0.3) is 0 Å². The molecule has 1 rings (SSSR count). The van der Waals surface area contributed by atoms with Crippen molar-refractivity contribution >= 4 is 17.3 Å². The Morgan fingerprint density at radius 3 is 2.82 bits per heavy atom. The molecule has 0 fully saturated rings. The van der Waals surface area contributed by atoms with Gasteiger partial charge >= 0.3 is 5.97 Å². The zero-order valence-electron chi connectivity index (χ0n) is 10.2. The predicted molar refractivity (Wildman–Crippen MR) is 68.4 cm³/mol. The topological polar surface area (TPSA) is 60.8 Å². The molecule has 0 saturated heterocycles. The second kappa shape index (κ2) is 6.74. The number of carbonyl (C=O) groups is 1. The summed E-state index contributed by atoms with van der Waals surface area (Å²) in [5.41, 5.74) is 0. The van der Waals surface area contributed by atoms with Crippen LogP contribution in [0.1, 0.15) is 18.2 Å². The van der Waals surface area contributed by atoms with E-state index in [1.165, 1.54) is 4.88 Å². The Balaban J connectivity index is 2.36. The summed E-state index contributed by atoms with van der Waals surface area (Å²) < 4.78 is 0. The standard InChI is InChI=1S/C12H19NO3S/c1-9(6-11-4-3-5-17-11)13(2)8-10(14)7-12(15)16/h3-5,9-10,14H,6-8H2,1-2H3,(H,15,16). The van der Waals surface area contributed by atoms with Gasteiger partial charge in [-0.2, -0.15) is 0 Å². The molecule has 1 aromatic heterocycles. The van der Waals surface area contributed by atoms with Crippen LogP contribution >= 0.6 is 11.3 Å². The Hall–Kier alpha value is -0.910. The number of thiophene rings is 1. The van der Waals surface area contributed by atoms with Gasteiger partial charge in [-0.3, -0.25) is 4.79 Å². The quantitative estimate of drug-likeness (QED) is 0.776. The molecule has 2 N–H and O–H groups in total. The lowest BCUT2D eigenvalue weighted by Gasteiger charge is -2.26. The van der Waals surface area contributed by atoms with E-state index in [1.54, 1.807) is 11.3 Å². The van der Waals surface area contributed by atoms with E-state index in [2.05, 4.69) is 13.0 Å². The molecule has 5 heteroatoms. The van der Waals surface area contributed by atoms with Crippen LogP contribution in [0.4, 0.5) is 0 Å². The molecule has 0 spiro atoms. The van der Waals surface area contributed by atoms with E-state index < -0.39 is 12.1 Å². The molecule has 1 heterocycles. The third-order valence-electron chi connectivity index (χ3n) is 2.74. The molecule has 1 aromatic rings. The summed E-state index contributed by atoms with van der Waals surface area (Å²) in [6, 6.07) is 4.39. The Labute approximate surface area is 106 Å². The van der Waals surface area contributed by atoms with E-state index in [9.17, 15) is 9.90 Å². The maximum Gasteiger partial charge on any atom is 0.306 e. The molecular weight excluding hydrogens is 238 g/mol. The molecule has 0 amide bonds. The van der Waals surface area contributed by atoms with Gasteiger partial charge < -0.3 is 15.1 Å². The molecule has 0 aromatic carbocycles. The van der Waals surface area contributed by atoms with E-state index in [-0.39, 0.29) is 12.5 Å². The van der Waals surface area contributed by atoms with Crippen molar-refractivity contribution in [1.82, 2.24) is 4.90 Å². The zero-order chi connectivity index (χ0) is 12.8. The first-order valence-corrected chi connectivity index (χ1v) is 6.49. The first kappa shape index (κ1) is 14.2. The minimum atomic E-state index is -0.961. The van der Waals surface area contributed by atoms with Crippen LogP contribution in [0, 0.1) is 0 Å². The Bertz CT molecular complexity index is 340. The van der Waals surface area contributed by atoms with Crippen molar-refractivity contribution in [3.8, 4) is 0 Å². The van der Waals surface area contributed by atoms with Crippen molar-refractivity contribution in [1.29, 1.82) is 0 Å². The van der Waals surface area contributed by atoms with Crippen molar-refractivity contribution in [2.24, 2.45) is 0 Å². The number of carboxylic acid groups (broad SMARTS) is 1. The lowest BCUT2D eigenvalue weighted by atomic mass is 10.1. The lowest BCUT2D eigenvalue weighted by Crippen LogP contribution is -2.37. The number of aliphatic carboxylic acids is 1. The van der Waals surface area contributed by atoms with Crippen molar-refractivity contribution in [3.05, 3.63) is 22.4 Å². The molecule has 0 aliphatic carbocycles. The predicted octanol–water partition coefficient (Wildman–Crippen LogP) is 1.45. The number of hydrogen-bond donors (Lipinski definition) is 2. The van der Waals surface area contributed by atoms with Gasteiger partial charge in [0.15, 0.2) is 0 Å². The summed E-state index contributed by atoms with van der Waals surface area (Å²) in [5.74, 6) is -0.961. The lowest BCUT2D eigenvalue weighted by molar-refractivity contribution is -0.139. The first-order chi connectivity index (χ1) is 7.99. The highest BCUT2D eigenvalue weighted by molar-refractivity contribution is 7.09. The molecular formula is C12H19NO3S. The number of rotatable bonds is 7. The zero-order valence-corrected chi connectivity index (χ0v) is 11.0. The van der Waals surface area contributed by atoms with Crippen molar-refractivity contribution in [3.63, 3.8) is 0 Å². The first-order valence-electron chi connectivity index (χ1n) is 5.61. The van der Waals surface area contributed by atoms with Crippen molar-refractivity contribution in [2.75, 3.05) is 13.6 Å². The minimum Gasteiger partial charge on any atom is -0.481 e. The van der Waals surface area contributed by atoms with Crippen molar-refractivity contribution < 1.29 is 15.0 Å². The van der Waals surface area contributed by atoms with Gasteiger partial charge in [0.2, 0.25) is 0 Å². The maximum absolute atomic E-state index is 10.4. The second-order valence-corrected chi connectivity index (χ2v) is 5.36. The van der Waals surface area contributed by atoms with Crippen LogP contribution in [-0.2, 0) is 11.2 Å². The summed E-state index contributed by atoms with van der Waals surface area (Å²) in [4.78, 5) is 13.7. The monoisotopic (exact) mass is 257 g/mol. The average molecular weight is 257 g/mol. The van der Waals surface area contributed by atoms with Crippen LogP contribution in [-0.4, -0.2) is 46.8 Å². The number of aliphatic hydroxyl groups is 1. The van der Waals surface area contributed by atoms with E-state index in [1.807, 2.05) is 23.4 Å². The van der Waals surface area contributed by atoms with Crippen LogP contribution in [0.5, 0.6) is 0 Å². The fourth-order valence-corrected chi connectivity index (χ4v) is 2.48. The SMILES string of the molecule is CC(Cc1cccs1)N(C)CC(O)CC(=O)O. The summed E-state index contributed by atoms with van der Waals surface area (Å²) in [5, 5.41) is 20.2. The fourth-order valence-electron chi connectivity index (χ4n) is 1.65. The number of likely N-dealkylation sites (N-methyl/N-ethyl adjacent to an activating group) is 1. The molecule has 96 valence electrons. The van der Waals surface area contributed by atoms with Crippen molar-refractivity contribution in [2.45, 2.75) is 31.9 Å². The highest BCUT2D eigenvalue weighted by atomic mass is 32.1. The average Bonchev–Trinajstić information content (AvgIpc) is 2.68. The minimum absolute atomic E-state index is 0.198. The maximum atomic E-state index is 10.4. The summed E-state index contributed by atoms with van der Waals surface area (Å²) in [7, 11) is 1.91. The molecule has 2 atom stereocenters. The highest BCUT2D eigenvalue weighted by Crippen LogP contribution is 2.13. The van der Waals surface area contributed by atoms with Gasteiger partial charge in [0, 0.05) is 17.5 Å². The Kier molecular flexibility index (Phi) is 5.61. The smallest absolute Gasteiger partial charge is 0.306 e. The van der Waals surface area contributed by atoms with Gasteiger partial charge in [-0.1, -0.05) is 6.07 Å². The Morgan fingerprint density at radius 2 is 2.29 bits per heavy atom. The van der Waals surface area contributed by atoms with Crippen LogP contribution in [0.2, 0.25) is 0 Å².